The minimum atomic E-state index is -3.32. The third-order valence-corrected chi connectivity index (χ3v) is 7.58. The highest BCUT2D eigenvalue weighted by atomic mass is 32.2. The van der Waals surface area contributed by atoms with Gasteiger partial charge in [0.2, 0.25) is 10.0 Å². The fourth-order valence-electron chi connectivity index (χ4n) is 3.77. The number of anilines is 1. The molecule has 8 heteroatoms. The number of hydrogen-bond acceptors (Lipinski definition) is 6. The summed E-state index contributed by atoms with van der Waals surface area (Å²) in [6.07, 6.45) is 6.03. The zero-order valence-corrected chi connectivity index (χ0v) is 17.2. The van der Waals surface area contributed by atoms with E-state index in [-0.39, 0.29) is 12.4 Å². The molecule has 1 aliphatic heterocycles. The third kappa shape index (κ3) is 3.71. The Morgan fingerprint density at radius 3 is 2.64 bits per heavy atom. The van der Waals surface area contributed by atoms with E-state index in [0.717, 1.165) is 31.2 Å². The van der Waals surface area contributed by atoms with E-state index in [9.17, 15) is 18.0 Å². The summed E-state index contributed by atoms with van der Waals surface area (Å²) in [4.78, 5) is 26.6. The van der Waals surface area contributed by atoms with Crippen LogP contribution in [-0.4, -0.2) is 39.6 Å². The number of hydrogen-bond donors (Lipinski definition) is 0. The van der Waals surface area contributed by atoms with Crippen LogP contribution in [0.1, 0.15) is 48.9 Å². The van der Waals surface area contributed by atoms with Crippen molar-refractivity contribution in [2.75, 3.05) is 23.7 Å². The fraction of sp³-hybridized carbons (Fsp3) is 0.400. The number of ether oxygens (including phenoxy) is 1. The van der Waals surface area contributed by atoms with Crippen molar-refractivity contribution in [1.29, 1.82) is 0 Å². The number of carbonyl (C=O) groups is 2. The van der Waals surface area contributed by atoms with Crippen LogP contribution in [0, 0.1) is 0 Å². The Kier molecular flexibility index (Phi) is 5.01. The maximum atomic E-state index is 12.4. The molecule has 2 heterocycles. The first-order chi connectivity index (χ1) is 13.3. The summed E-state index contributed by atoms with van der Waals surface area (Å²) in [5, 5.41) is 0. The minimum absolute atomic E-state index is 0.296. The summed E-state index contributed by atoms with van der Waals surface area (Å²) < 4.78 is 30.2. The molecule has 2 aliphatic rings. The monoisotopic (exact) mass is 419 g/mol. The van der Waals surface area contributed by atoms with Crippen molar-refractivity contribution in [2.24, 2.45) is 0 Å². The predicted octanol–water partition coefficient (Wildman–Crippen LogP) is 2.99. The molecule has 28 heavy (non-hydrogen) atoms. The number of rotatable bonds is 5. The summed E-state index contributed by atoms with van der Waals surface area (Å²) in [5.74, 6) is -0.757. The number of aryl methyl sites for hydroxylation is 2. The highest BCUT2D eigenvalue weighted by molar-refractivity contribution is 7.92. The van der Waals surface area contributed by atoms with Gasteiger partial charge in [-0.05, 0) is 67.5 Å². The number of ketones is 1. The Balaban J connectivity index is 1.42. The maximum absolute atomic E-state index is 12.4. The number of esters is 1. The van der Waals surface area contributed by atoms with Crippen LogP contribution >= 0.6 is 11.3 Å². The van der Waals surface area contributed by atoms with Gasteiger partial charge < -0.3 is 4.74 Å². The zero-order valence-electron chi connectivity index (χ0n) is 15.6. The lowest BCUT2D eigenvalue weighted by molar-refractivity contribution is 0.0479. The van der Waals surface area contributed by atoms with Crippen LogP contribution in [0.2, 0.25) is 0 Å². The number of sulfonamides is 1. The number of fused-ring (bicyclic) bond motifs is 2. The van der Waals surface area contributed by atoms with Gasteiger partial charge in [0, 0.05) is 17.0 Å². The van der Waals surface area contributed by atoms with E-state index in [2.05, 4.69) is 0 Å². The first kappa shape index (κ1) is 19.1. The second kappa shape index (κ2) is 7.33. The first-order valence-electron chi connectivity index (χ1n) is 9.25. The van der Waals surface area contributed by atoms with Crippen LogP contribution in [0.3, 0.4) is 0 Å². The molecule has 0 saturated carbocycles. The molecule has 1 aromatic carbocycles. The standard InChI is InChI=1S/C20H21NO5S2/c1-28(24,25)21-9-8-13-10-14(6-7-16(13)21)17(22)12-26-20(23)19-11-15-4-2-3-5-18(15)27-19/h6-7,10-11H,2-5,8-9,12H2,1H3. The van der Waals surface area contributed by atoms with Crippen LogP contribution in [0.5, 0.6) is 0 Å². The van der Waals surface area contributed by atoms with Gasteiger partial charge in [0.05, 0.1) is 11.9 Å². The number of carbonyl (C=O) groups excluding carboxylic acids is 2. The highest BCUT2D eigenvalue weighted by Gasteiger charge is 2.27. The average molecular weight is 420 g/mol. The van der Waals surface area contributed by atoms with Gasteiger partial charge >= 0.3 is 5.97 Å². The molecule has 0 atom stereocenters. The third-order valence-electron chi connectivity index (χ3n) is 5.19. The molecule has 0 unspecified atom stereocenters. The molecule has 0 N–H and O–H groups in total. The Bertz CT molecular complexity index is 1030. The Morgan fingerprint density at radius 1 is 1.11 bits per heavy atom. The largest absolute Gasteiger partial charge is 0.453 e. The number of nitrogens with zero attached hydrogens (tertiary/aromatic N) is 1. The lowest BCUT2D eigenvalue weighted by atomic mass is 9.99. The average Bonchev–Trinajstić information content (AvgIpc) is 3.28. The molecule has 0 saturated heterocycles. The molecular weight excluding hydrogens is 398 g/mol. The van der Waals surface area contributed by atoms with Gasteiger partial charge in [-0.1, -0.05) is 0 Å². The Hall–Kier alpha value is -2.19. The molecule has 0 fully saturated rings. The normalized spacial score (nSPS) is 15.8. The fourth-order valence-corrected chi connectivity index (χ4v) is 5.87. The van der Waals surface area contributed by atoms with E-state index in [0.29, 0.717) is 29.1 Å². The second-order valence-corrected chi connectivity index (χ2v) is 10.2. The van der Waals surface area contributed by atoms with Crippen molar-refractivity contribution < 1.29 is 22.7 Å². The smallest absolute Gasteiger partial charge is 0.348 e. The van der Waals surface area contributed by atoms with Crippen LogP contribution in [0.25, 0.3) is 0 Å². The molecule has 6 nitrogen and oxygen atoms in total. The summed E-state index contributed by atoms with van der Waals surface area (Å²) in [6.45, 7) is 0.0554. The molecular formula is C20H21NO5S2. The van der Waals surface area contributed by atoms with Crippen molar-refractivity contribution >= 4 is 38.8 Å². The molecule has 2 aromatic rings. The summed E-state index contributed by atoms with van der Waals surface area (Å²) in [5.41, 5.74) is 3.07. The molecule has 0 spiro atoms. The molecule has 1 aromatic heterocycles. The van der Waals surface area contributed by atoms with Crippen molar-refractivity contribution in [3.05, 3.63) is 50.7 Å². The molecule has 4 rings (SSSR count). The van der Waals surface area contributed by atoms with Crippen LogP contribution in [0.4, 0.5) is 5.69 Å². The van der Waals surface area contributed by atoms with E-state index in [1.54, 1.807) is 18.2 Å². The molecule has 148 valence electrons. The van der Waals surface area contributed by atoms with Gasteiger partial charge in [-0.2, -0.15) is 0 Å². The topological polar surface area (TPSA) is 80.8 Å². The molecule has 0 radical (unpaired) electrons. The highest BCUT2D eigenvalue weighted by Crippen LogP contribution is 2.31. The maximum Gasteiger partial charge on any atom is 0.348 e. The minimum Gasteiger partial charge on any atom is -0.453 e. The Morgan fingerprint density at radius 2 is 1.89 bits per heavy atom. The van der Waals surface area contributed by atoms with E-state index < -0.39 is 16.0 Å². The van der Waals surface area contributed by atoms with Gasteiger partial charge in [-0.15, -0.1) is 11.3 Å². The number of benzene rings is 1. The first-order valence-corrected chi connectivity index (χ1v) is 11.9. The van der Waals surface area contributed by atoms with Crippen LogP contribution in [-0.2, 0) is 34.0 Å². The lowest BCUT2D eigenvalue weighted by Gasteiger charge is -2.16. The summed E-state index contributed by atoms with van der Waals surface area (Å²) in [6, 6.07) is 6.82. The molecule has 0 amide bonds. The van der Waals surface area contributed by atoms with E-state index in [4.69, 9.17) is 4.74 Å². The van der Waals surface area contributed by atoms with Crippen molar-refractivity contribution in [2.45, 2.75) is 32.1 Å². The summed E-state index contributed by atoms with van der Waals surface area (Å²) >= 11 is 1.46. The molecule has 0 bridgehead atoms. The predicted molar refractivity (Wildman–Crippen MR) is 108 cm³/mol. The van der Waals surface area contributed by atoms with Crippen molar-refractivity contribution in [3.8, 4) is 0 Å². The SMILES string of the molecule is CS(=O)(=O)N1CCc2cc(C(=O)COC(=O)c3cc4c(s3)CCCC4)ccc21. The van der Waals surface area contributed by atoms with E-state index >= 15 is 0 Å². The van der Waals surface area contributed by atoms with Crippen molar-refractivity contribution in [3.63, 3.8) is 0 Å². The Labute approximate surface area is 168 Å². The van der Waals surface area contributed by atoms with Crippen LogP contribution in [0.15, 0.2) is 24.3 Å². The molecule has 1 aliphatic carbocycles. The quantitative estimate of drug-likeness (QED) is 0.550. The van der Waals surface area contributed by atoms with Gasteiger partial charge in [-0.25, -0.2) is 13.2 Å². The van der Waals surface area contributed by atoms with E-state index in [1.807, 2.05) is 6.07 Å². The zero-order chi connectivity index (χ0) is 19.9. The van der Waals surface area contributed by atoms with Gasteiger partial charge in [0.15, 0.2) is 12.4 Å². The van der Waals surface area contributed by atoms with Gasteiger partial charge in [0.1, 0.15) is 4.88 Å². The summed E-state index contributed by atoms with van der Waals surface area (Å²) in [7, 11) is -3.32. The van der Waals surface area contributed by atoms with Crippen molar-refractivity contribution in [1.82, 2.24) is 0 Å². The van der Waals surface area contributed by atoms with Gasteiger partial charge in [0.25, 0.3) is 0 Å². The second-order valence-electron chi connectivity index (χ2n) is 7.19. The lowest BCUT2D eigenvalue weighted by Crippen LogP contribution is -2.27. The number of Topliss-reactive ketones (excluding diaryl/α,β-unsaturated/α-hetero) is 1. The van der Waals surface area contributed by atoms with E-state index in [1.165, 1.54) is 32.3 Å². The van der Waals surface area contributed by atoms with Crippen LogP contribution < -0.4 is 4.31 Å². The number of thiophene rings is 1. The van der Waals surface area contributed by atoms with Gasteiger partial charge in [-0.3, -0.25) is 9.10 Å².